The van der Waals surface area contributed by atoms with Gasteiger partial charge in [0.05, 0.1) is 0 Å². The van der Waals surface area contributed by atoms with Gasteiger partial charge in [-0.25, -0.2) is 0 Å². The van der Waals surface area contributed by atoms with Crippen LogP contribution in [0.3, 0.4) is 0 Å². The highest BCUT2D eigenvalue weighted by Gasteiger charge is 2.22. The van der Waals surface area contributed by atoms with Crippen LogP contribution in [-0.4, -0.2) is 35.6 Å². The molecule has 0 aromatic heterocycles. The Morgan fingerprint density at radius 1 is 1.58 bits per heavy atom. The summed E-state index contributed by atoms with van der Waals surface area (Å²) in [5.41, 5.74) is 7.70. The monoisotopic (exact) mass is 341 g/mol. The van der Waals surface area contributed by atoms with E-state index in [4.69, 9.17) is 18.0 Å². The van der Waals surface area contributed by atoms with Gasteiger partial charge in [-0.15, -0.1) is 0 Å². The second-order valence-electron chi connectivity index (χ2n) is 4.86. The number of likely N-dealkylation sites (N-methyl/N-ethyl adjacent to an activating group) is 1. The molecule has 0 aliphatic carbocycles. The predicted molar refractivity (Wildman–Crippen MR) is 88.8 cm³/mol. The van der Waals surface area contributed by atoms with E-state index in [1.54, 1.807) is 0 Å². The van der Waals surface area contributed by atoms with Crippen LogP contribution in [0.1, 0.15) is 25.3 Å². The Hall–Kier alpha value is -0.650. The highest BCUT2D eigenvalue weighted by atomic mass is 79.9. The van der Waals surface area contributed by atoms with Crippen LogP contribution in [0.5, 0.6) is 0 Å². The van der Waals surface area contributed by atoms with Crippen LogP contribution in [0.4, 0.5) is 5.69 Å². The molecular weight excluding hydrogens is 322 g/mol. The minimum Gasteiger partial charge on any atom is -0.389 e. The van der Waals surface area contributed by atoms with Gasteiger partial charge in [0.15, 0.2) is 0 Å². The number of nitrogens with one attached hydrogen (secondary N) is 1. The van der Waals surface area contributed by atoms with Crippen molar-refractivity contribution >= 4 is 38.8 Å². The van der Waals surface area contributed by atoms with E-state index >= 15 is 0 Å². The van der Waals surface area contributed by atoms with E-state index in [0.717, 1.165) is 28.8 Å². The number of nitrogens with zero attached hydrogens (tertiary/aromatic N) is 1. The first-order valence-electron chi connectivity index (χ1n) is 6.69. The van der Waals surface area contributed by atoms with Gasteiger partial charge < -0.3 is 11.1 Å². The molecule has 0 bridgehead atoms. The third-order valence-corrected chi connectivity index (χ3v) is 4.39. The van der Waals surface area contributed by atoms with Crippen LogP contribution in [0, 0.1) is 0 Å². The van der Waals surface area contributed by atoms with E-state index in [1.165, 1.54) is 19.4 Å². The van der Waals surface area contributed by atoms with Gasteiger partial charge >= 0.3 is 0 Å². The maximum absolute atomic E-state index is 5.77. The first-order chi connectivity index (χ1) is 9.11. The molecule has 1 unspecified atom stereocenters. The molecule has 1 aliphatic rings. The quantitative estimate of drug-likeness (QED) is 0.808. The Kier molecular flexibility index (Phi) is 5.19. The normalized spacial score (nSPS) is 19.6. The molecule has 1 aromatic carbocycles. The molecular formula is C14H20BrN3S. The van der Waals surface area contributed by atoms with Crippen molar-refractivity contribution in [3.63, 3.8) is 0 Å². The van der Waals surface area contributed by atoms with Crippen LogP contribution in [0.15, 0.2) is 22.7 Å². The molecule has 0 amide bonds. The molecule has 2 rings (SSSR count). The van der Waals surface area contributed by atoms with Crippen LogP contribution in [-0.2, 0) is 0 Å². The van der Waals surface area contributed by atoms with Gasteiger partial charge in [-0.1, -0.05) is 35.1 Å². The molecule has 0 radical (unpaired) electrons. The van der Waals surface area contributed by atoms with Crippen molar-refractivity contribution in [2.75, 3.05) is 25.0 Å². The van der Waals surface area contributed by atoms with Crippen molar-refractivity contribution < 1.29 is 0 Å². The molecule has 1 fully saturated rings. The summed E-state index contributed by atoms with van der Waals surface area (Å²) < 4.78 is 1.04. The first kappa shape index (κ1) is 14.8. The molecule has 1 heterocycles. The Morgan fingerprint density at radius 2 is 2.37 bits per heavy atom. The number of halogens is 1. The summed E-state index contributed by atoms with van der Waals surface area (Å²) in [6.07, 6.45) is 2.55. The second-order valence-corrected chi connectivity index (χ2v) is 6.22. The van der Waals surface area contributed by atoms with Crippen LogP contribution in [0.25, 0.3) is 0 Å². The number of rotatable bonds is 5. The first-order valence-corrected chi connectivity index (χ1v) is 7.89. The molecule has 0 spiro atoms. The highest BCUT2D eigenvalue weighted by molar-refractivity contribution is 9.10. The van der Waals surface area contributed by atoms with Crippen molar-refractivity contribution in [1.29, 1.82) is 0 Å². The van der Waals surface area contributed by atoms with Gasteiger partial charge in [0.1, 0.15) is 4.99 Å². The number of thiocarbonyl (C=S) groups is 1. The maximum atomic E-state index is 5.77. The number of nitrogens with two attached hydrogens (primary N) is 1. The zero-order chi connectivity index (χ0) is 13.8. The summed E-state index contributed by atoms with van der Waals surface area (Å²) in [4.78, 5) is 2.96. The molecule has 1 atom stereocenters. The van der Waals surface area contributed by atoms with Gasteiger partial charge in [0.25, 0.3) is 0 Å². The van der Waals surface area contributed by atoms with Crippen molar-refractivity contribution in [2.24, 2.45) is 5.73 Å². The Labute approximate surface area is 128 Å². The number of hydrogen-bond donors (Lipinski definition) is 2. The number of anilines is 1. The molecule has 104 valence electrons. The van der Waals surface area contributed by atoms with Gasteiger partial charge in [-0.05, 0) is 44.1 Å². The summed E-state index contributed by atoms with van der Waals surface area (Å²) >= 11 is 8.59. The molecule has 1 aromatic rings. The fourth-order valence-corrected chi connectivity index (χ4v) is 3.19. The Balaban J connectivity index is 2.06. The summed E-state index contributed by atoms with van der Waals surface area (Å²) in [5, 5.41) is 3.50. The minimum atomic E-state index is 0.439. The number of hydrogen-bond acceptors (Lipinski definition) is 3. The van der Waals surface area contributed by atoms with Crippen LogP contribution >= 0.6 is 28.1 Å². The summed E-state index contributed by atoms with van der Waals surface area (Å²) in [7, 11) is 0. The number of benzene rings is 1. The van der Waals surface area contributed by atoms with Gasteiger partial charge in [0.2, 0.25) is 0 Å². The summed E-state index contributed by atoms with van der Waals surface area (Å²) in [6, 6.07) is 6.58. The predicted octanol–water partition coefficient (Wildman–Crippen LogP) is 2.98. The van der Waals surface area contributed by atoms with Gasteiger partial charge in [-0.3, -0.25) is 4.90 Å². The average molecular weight is 342 g/mol. The summed E-state index contributed by atoms with van der Waals surface area (Å²) in [5.74, 6) is 0. The molecule has 3 N–H and O–H groups in total. The Bertz CT molecular complexity index is 464. The molecule has 3 nitrogen and oxygen atoms in total. The highest BCUT2D eigenvalue weighted by Crippen LogP contribution is 2.23. The molecule has 1 aliphatic heterocycles. The zero-order valence-electron chi connectivity index (χ0n) is 11.2. The van der Waals surface area contributed by atoms with Crippen molar-refractivity contribution in [1.82, 2.24) is 4.90 Å². The molecule has 0 saturated carbocycles. The largest absolute Gasteiger partial charge is 0.389 e. The maximum Gasteiger partial charge on any atom is 0.106 e. The zero-order valence-corrected chi connectivity index (χ0v) is 13.6. The number of likely N-dealkylation sites (tertiary alicyclic amines) is 1. The van der Waals surface area contributed by atoms with E-state index in [0.29, 0.717) is 11.0 Å². The lowest BCUT2D eigenvalue weighted by Crippen LogP contribution is -2.35. The van der Waals surface area contributed by atoms with E-state index in [1.807, 2.05) is 18.2 Å². The molecule has 5 heteroatoms. The standard InChI is InChI=1S/C14H20BrN3S/c1-2-18-7-3-4-11(18)9-17-13-8-10(15)5-6-12(13)14(16)19/h5-6,8,11,17H,2-4,7,9H2,1H3,(H2,16,19). The van der Waals surface area contributed by atoms with Crippen LogP contribution < -0.4 is 11.1 Å². The van der Waals surface area contributed by atoms with Crippen molar-refractivity contribution in [3.8, 4) is 0 Å². The minimum absolute atomic E-state index is 0.439. The molecule has 1 saturated heterocycles. The topological polar surface area (TPSA) is 41.3 Å². The lowest BCUT2D eigenvalue weighted by Gasteiger charge is -2.24. The fraction of sp³-hybridized carbons (Fsp3) is 0.500. The van der Waals surface area contributed by atoms with Crippen molar-refractivity contribution in [3.05, 3.63) is 28.2 Å². The summed E-state index contributed by atoms with van der Waals surface area (Å²) in [6.45, 7) is 5.49. The van der Waals surface area contributed by atoms with Crippen LogP contribution in [0.2, 0.25) is 0 Å². The van der Waals surface area contributed by atoms with E-state index < -0.39 is 0 Å². The van der Waals surface area contributed by atoms with Crippen molar-refractivity contribution in [2.45, 2.75) is 25.8 Å². The van der Waals surface area contributed by atoms with Gasteiger partial charge in [0, 0.05) is 28.3 Å². The Morgan fingerprint density at radius 3 is 3.05 bits per heavy atom. The fourth-order valence-electron chi connectivity index (χ4n) is 2.65. The third-order valence-electron chi connectivity index (χ3n) is 3.68. The SMILES string of the molecule is CCN1CCCC1CNc1cc(Br)ccc1C(N)=S. The average Bonchev–Trinajstić information content (AvgIpc) is 2.83. The molecule has 19 heavy (non-hydrogen) atoms. The van der Waals surface area contributed by atoms with E-state index in [9.17, 15) is 0 Å². The smallest absolute Gasteiger partial charge is 0.106 e. The third kappa shape index (κ3) is 3.68. The van der Waals surface area contributed by atoms with E-state index in [-0.39, 0.29) is 0 Å². The lowest BCUT2D eigenvalue weighted by molar-refractivity contribution is 0.277. The van der Waals surface area contributed by atoms with E-state index in [2.05, 4.69) is 33.1 Å². The second kappa shape index (κ2) is 6.68. The van der Waals surface area contributed by atoms with Gasteiger partial charge in [-0.2, -0.15) is 0 Å². The lowest BCUT2D eigenvalue weighted by atomic mass is 10.1.